The summed E-state index contributed by atoms with van der Waals surface area (Å²) in [6, 6.07) is 4.78. The Labute approximate surface area is 139 Å². The number of hydrogen-bond acceptors (Lipinski definition) is 3. The Kier molecular flexibility index (Phi) is 4.64. The SMILES string of the molecule is CC1CC(C)CN(C(=O)Cc2cc(-c3ccc(F)cc3F)on2)C1. The number of hydrogen-bond donors (Lipinski definition) is 0. The van der Waals surface area contributed by atoms with Crippen molar-refractivity contribution in [1.82, 2.24) is 10.1 Å². The molecule has 0 bridgehead atoms. The maximum Gasteiger partial charge on any atom is 0.228 e. The molecule has 3 rings (SSSR count). The molecule has 1 fully saturated rings. The number of halogens is 2. The Hall–Kier alpha value is -2.24. The molecule has 0 spiro atoms. The van der Waals surface area contributed by atoms with Gasteiger partial charge in [-0.05, 0) is 30.4 Å². The Morgan fingerprint density at radius 1 is 1.25 bits per heavy atom. The highest BCUT2D eigenvalue weighted by Crippen LogP contribution is 2.25. The predicted octanol–water partition coefficient (Wildman–Crippen LogP) is 3.67. The first-order valence-electron chi connectivity index (χ1n) is 8.11. The molecule has 1 amide bonds. The topological polar surface area (TPSA) is 46.3 Å². The Bertz CT molecular complexity index is 734. The van der Waals surface area contributed by atoms with Gasteiger partial charge in [-0.3, -0.25) is 4.79 Å². The van der Waals surface area contributed by atoms with Crippen LogP contribution < -0.4 is 0 Å². The van der Waals surface area contributed by atoms with Gasteiger partial charge in [-0.15, -0.1) is 0 Å². The Balaban J connectivity index is 1.71. The van der Waals surface area contributed by atoms with E-state index in [1.807, 2.05) is 4.90 Å². The van der Waals surface area contributed by atoms with Crippen molar-refractivity contribution in [2.45, 2.75) is 26.7 Å². The minimum atomic E-state index is -0.720. The number of rotatable bonds is 3. The molecule has 4 nitrogen and oxygen atoms in total. The molecule has 0 saturated carbocycles. The van der Waals surface area contributed by atoms with E-state index in [2.05, 4.69) is 19.0 Å². The second-order valence-corrected chi connectivity index (χ2v) is 6.73. The van der Waals surface area contributed by atoms with Crippen molar-refractivity contribution in [3.8, 4) is 11.3 Å². The summed E-state index contributed by atoms with van der Waals surface area (Å²) in [5.41, 5.74) is 0.576. The second-order valence-electron chi connectivity index (χ2n) is 6.73. The summed E-state index contributed by atoms with van der Waals surface area (Å²) in [7, 11) is 0. The molecule has 24 heavy (non-hydrogen) atoms. The molecule has 2 aromatic rings. The first-order chi connectivity index (χ1) is 11.4. The zero-order valence-corrected chi connectivity index (χ0v) is 13.8. The molecule has 1 aromatic carbocycles. The zero-order valence-electron chi connectivity index (χ0n) is 13.8. The van der Waals surface area contributed by atoms with Gasteiger partial charge in [0.1, 0.15) is 11.6 Å². The summed E-state index contributed by atoms with van der Waals surface area (Å²) in [6.45, 7) is 5.78. The largest absolute Gasteiger partial charge is 0.356 e. The van der Waals surface area contributed by atoms with E-state index in [0.29, 0.717) is 17.5 Å². The lowest BCUT2D eigenvalue weighted by molar-refractivity contribution is -0.133. The Morgan fingerprint density at radius 2 is 1.96 bits per heavy atom. The van der Waals surface area contributed by atoms with Crippen LogP contribution in [0.4, 0.5) is 8.78 Å². The van der Waals surface area contributed by atoms with E-state index in [0.717, 1.165) is 31.6 Å². The molecule has 1 saturated heterocycles. The lowest BCUT2D eigenvalue weighted by Crippen LogP contribution is -2.43. The maximum atomic E-state index is 13.8. The second kappa shape index (κ2) is 6.71. The standard InChI is InChI=1S/C18H20F2N2O2/c1-11-5-12(2)10-22(9-11)18(23)8-14-7-17(24-21-14)15-4-3-13(19)6-16(15)20/h3-4,6-7,11-12H,5,8-10H2,1-2H3. The number of amides is 1. The van der Waals surface area contributed by atoms with Gasteiger partial charge >= 0.3 is 0 Å². The fourth-order valence-corrected chi connectivity index (χ4v) is 3.34. The molecule has 1 aliphatic heterocycles. The van der Waals surface area contributed by atoms with E-state index < -0.39 is 11.6 Å². The fourth-order valence-electron chi connectivity index (χ4n) is 3.34. The quantitative estimate of drug-likeness (QED) is 0.860. The van der Waals surface area contributed by atoms with Crippen LogP contribution in [-0.2, 0) is 11.2 Å². The number of carbonyl (C=O) groups excluding carboxylic acids is 1. The third-order valence-electron chi connectivity index (χ3n) is 4.31. The average molecular weight is 334 g/mol. The molecule has 2 atom stereocenters. The maximum absolute atomic E-state index is 13.8. The number of piperidine rings is 1. The van der Waals surface area contributed by atoms with E-state index in [9.17, 15) is 13.6 Å². The van der Waals surface area contributed by atoms with Crippen molar-refractivity contribution in [2.75, 3.05) is 13.1 Å². The molecule has 0 N–H and O–H groups in total. The van der Waals surface area contributed by atoms with Gasteiger partial charge < -0.3 is 9.42 Å². The van der Waals surface area contributed by atoms with Gasteiger partial charge in [-0.2, -0.15) is 0 Å². The smallest absolute Gasteiger partial charge is 0.228 e. The van der Waals surface area contributed by atoms with Crippen LogP contribution in [0.5, 0.6) is 0 Å². The molecular formula is C18H20F2N2O2. The molecular weight excluding hydrogens is 314 g/mol. The fraction of sp³-hybridized carbons (Fsp3) is 0.444. The van der Waals surface area contributed by atoms with Crippen LogP contribution in [0, 0.1) is 23.5 Å². The molecule has 128 valence electrons. The van der Waals surface area contributed by atoms with Crippen molar-refractivity contribution in [1.29, 1.82) is 0 Å². The number of aromatic nitrogens is 1. The van der Waals surface area contributed by atoms with Crippen LogP contribution in [0.3, 0.4) is 0 Å². The van der Waals surface area contributed by atoms with Crippen LogP contribution in [0.15, 0.2) is 28.8 Å². The first kappa shape index (κ1) is 16.6. The van der Waals surface area contributed by atoms with Crippen LogP contribution in [0.2, 0.25) is 0 Å². The van der Waals surface area contributed by atoms with Crippen molar-refractivity contribution in [3.05, 3.63) is 41.6 Å². The van der Waals surface area contributed by atoms with Gasteiger partial charge in [0.25, 0.3) is 0 Å². The highest BCUT2D eigenvalue weighted by molar-refractivity contribution is 5.78. The third-order valence-corrected chi connectivity index (χ3v) is 4.31. The van der Waals surface area contributed by atoms with E-state index >= 15 is 0 Å². The van der Waals surface area contributed by atoms with Gasteiger partial charge in [0.15, 0.2) is 5.76 Å². The monoisotopic (exact) mass is 334 g/mol. The first-order valence-corrected chi connectivity index (χ1v) is 8.11. The number of likely N-dealkylation sites (tertiary alicyclic amines) is 1. The van der Waals surface area contributed by atoms with Gasteiger partial charge in [-0.1, -0.05) is 19.0 Å². The van der Waals surface area contributed by atoms with Crippen LogP contribution in [0.25, 0.3) is 11.3 Å². The van der Waals surface area contributed by atoms with Gasteiger partial charge in [-0.25, -0.2) is 8.78 Å². The van der Waals surface area contributed by atoms with Gasteiger partial charge in [0.05, 0.1) is 17.7 Å². The lowest BCUT2D eigenvalue weighted by Gasteiger charge is -2.34. The minimum Gasteiger partial charge on any atom is -0.356 e. The molecule has 6 heteroatoms. The predicted molar refractivity (Wildman–Crippen MR) is 85.1 cm³/mol. The number of carbonyl (C=O) groups is 1. The van der Waals surface area contributed by atoms with Crippen molar-refractivity contribution in [2.24, 2.45) is 11.8 Å². The van der Waals surface area contributed by atoms with Crippen molar-refractivity contribution >= 4 is 5.91 Å². The summed E-state index contributed by atoms with van der Waals surface area (Å²) in [5.74, 6) is -0.219. The zero-order chi connectivity index (χ0) is 17.3. The average Bonchev–Trinajstić information content (AvgIpc) is 2.94. The summed E-state index contributed by atoms with van der Waals surface area (Å²) in [6.07, 6.45) is 1.24. The number of nitrogens with zero attached hydrogens (tertiary/aromatic N) is 2. The van der Waals surface area contributed by atoms with Crippen molar-refractivity contribution in [3.63, 3.8) is 0 Å². The highest BCUT2D eigenvalue weighted by Gasteiger charge is 2.26. The van der Waals surface area contributed by atoms with E-state index in [1.54, 1.807) is 0 Å². The molecule has 1 aromatic heterocycles. The normalized spacial score (nSPS) is 21.1. The number of benzene rings is 1. The Morgan fingerprint density at radius 3 is 2.62 bits per heavy atom. The van der Waals surface area contributed by atoms with Gasteiger partial charge in [0.2, 0.25) is 5.91 Å². The van der Waals surface area contributed by atoms with Crippen LogP contribution in [-0.4, -0.2) is 29.1 Å². The third kappa shape index (κ3) is 3.63. The molecule has 1 aliphatic rings. The summed E-state index contributed by atoms with van der Waals surface area (Å²) in [4.78, 5) is 14.3. The van der Waals surface area contributed by atoms with Crippen LogP contribution >= 0.6 is 0 Å². The highest BCUT2D eigenvalue weighted by atomic mass is 19.1. The van der Waals surface area contributed by atoms with E-state index in [1.165, 1.54) is 12.1 Å². The molecule has 0 aliphatic carbocycles. The van der Waals surface area contributed by atoms with E-state index in [4.69, 9.17) is 4.52 Å². The lowest BCUT2D eigenvalue weighted by atomic mass is 9.91. The molecule has 2 unspecified atom stereocenters. The molecule has 0 radical (unpaired) electrons. The summed E-state index contributed by atoms with van der Waals surface area (Å²) in [5, 5.41) is 3.85. The molecule has 2 heterocycles. The van der Waals surface area contributed by atoms with Crippen LogP contribution in [0.1, 0.15) is 26.0 Å². The van der Waals surface area contributed by atoms with Gasteiger partial charge in [0, 0.05) is 25.2 Å². The van der Waals surface area contributed by atoms with Crippen molar-refractivity contribution < 1.29 is 18.1 Å². The van der Waals surface area contributed by atoms with E-state index in [-0.39, 0.29) is 23.7 Å². The summed E-state index contributed by atoms with van der Waals surface area (Å²) < 4.78 is 31.9. The summed E-state index contributed by atoms with van der Waals surface area (Å²) >= 11 is 0. The minimum absolute atomic E-state index is 0.00664.